The zero-order valence-corrected chi connectivity index (χ0v) is 7.79. The monoisotopic (exact) mass is 171 g/mol. The number of rotatable bonds is 0. The SMILES string of the molecule is Cc1cc2ccccc2c(C)c1[O-]. The molecule has 0 saturated heterocycles. The molecular weight excluding hydrogens is 160 g/mol. The molecule has 13 heavy (non-hydrogen) atoms. The van der Waals surface area contributed by atoms with Gasteiger partial charge in [-0.25, -0.2) is 0 Å². The van der Waals surface area contributed by atoms with E-state index in [1.165, 1.54) is 0 Å². The van der Waals surface area contributed by atoms with Crippen LogP contribution in [0.2, 0.25) is 0 Å². The molecule has 2 aromatic rings. The van der Waals surface area contributed by atoms with Gasteiger partial charge in [-0.1, -0.05) is 41.5 Å². The molecule has 0 aliphatic carbocycles. The molecule has 0 radical (unpaired) electrons. The van der Waals surface area contributed by atoms with Crippen molar-refractivity contribution in [3.05, 3.63) is 41.5 Å². The van der Waals surface area contributed by atoms with Gasteiger partial charge in [-0.05, 0) is 24.6 Å². The van der Waals surface area contributed by atoms with Crippen LogP contribution in [-0.2, 0) is 0 Å². The summed E-state index contributed by atoms with van der Waals surface area (Å²) >= 11 is 0. The Kier molecular flexibility index (Phi) is 1.73. The van der Waals surface area contributed by atoms with Crippen LogP contribution in [0.25, 0.3) is 10.8 Å². The highest BCUT2D eigenvalue weighted by Crippen LogP contribution is 2.27. The van der Waals surface area contributed by atoms with Crippen molar-refractivity contribution in [3.63, 3.8) is 0 Å². The first-order chi connectivity index (χ1) is 6.20. The second kappa shape index (κ2) is 2.77. The van der Waals surface area contributed by atoms with Crippen molar-refractivity contribution in [2.75, 3.05) is 0 Å². The summed E-state index contributed by atoms with van der Waals surface area (Å²) in [7, 11) is 0. The van der Waals surface area contributed by atoms with E-state index in [0.717, 1.165) is 21.9 Å². The summed E-state index contributed by atoms with van der Waals surface area (Å²) in [4.78, 5) is 0. The molecule has 2 rings (SSSR count). The van der Waals surface area contributed by atoms with Gasteiger partial charge >= 0.3 is 0 Å². The van der Waals surface area contributed by atoms with E-state index in [2.05, 4.69) is 0 Å². The summed E-state index contributed by atoms with van der Waals surface area (Å²) in [6, 6.07) is 9.93. The van der Waals surface area contributed by atoms with Crippen molar-refractivity contribution in [2.45, 2.75) is 13.8 Å². The van der Waals surface area contributed by atoms with Crippen LogP contribution in [0.3, 0.4) is 0 Å². The minimum atomic E-state index is 0.165. The van der Waals surface area contributed by atoms with E-state index in [9.17, 15) is 5.11 Å². The summed E-state index contributed by atoms with van der Waals surface area (Å²) < 4.78 is 0. The van der Waals surface area contributed by atoms with E-state index in [4.69, 9.17) is 0 Å². The summed E-state index contributed by atoms with van der Waals surface area (Å²) in [5.41, 5.74) is 1.69. The van der Waals surface area contributed by atoms with E-state index >= 15 is 0 Å². The minimum Gasteiger partial charge on any atom is -0.872 e. The molecule has 2 aromatic carbocycles. The van der Waals surface area contributed by atoms with E-state index in [1.54, 1.807) is 0 Å². The molecule has 66 valence electrons. The van der Waals surface area contributed by atoms with Crippen molar-refractivity contribution < 1.29 is 5.11 Å². The van der Waals surface area contributed by atoms with E-state index in [1.807, 2.05) is 44.2 Å². The lowest BCUT2D eigenvalue weighted by atomic mass is 10.0. The van der Waals surface area contributed by atoms with Gasteiger partial charge < -0.3 is 5.11 Å². The third-order valence-corrected chi connectivity index (χ3v) is 2.44. The van der Waals surface area contributed by atoms with Gasteiger partial charge in [0.1, 0.15) is 0 Å². The molecule has 0 unspecified atom stereocenters. The van der Waals surface area contributed by atoms with E-state index in [-0.39, 0.29) is 5.75 Å². The Morgan fingerprint density at radius 1 is 1.08 bits per heavy atom. The summed E-state index contributed by atoms with van der Waals surface area (Å²) in [6.07, 6.45) is 0. The molecule has 0 aliphatic heterocycles. The largest absolute Gasteiger partial charge is 0.872 e. The van der Waals surface area contributed by atoms with E-state index < -0.39 is 0 Å². The van der Waals surface area contributed by atoms with Crippen molar-refractivity contribution in [1.29, 1.82) is 0 Å². The minimum absolute atomic E-state index is 0.165. The standard InChI is InChI=1S/C12H12O/c1-8-7-10-5-3-4-6-11(10)9(2)12(8)13/h3-7,13H,1-2H3/p-1. The predicted octanol–water partition coefficient (Wildman–Crippen LogP) is 2.53. The van der Waals surface area contributed by atoms with Gasteiger partial charge in [-0.3, -0.25) is 0 Å². The van der Waals surface area contributed by atoms with Crippen molar-refractivity contribution in [2.24, 2.45) is 0 Å². The first-order valence-corrected chi connectivity index (χ1v) is 4.36. The average Bonchev–Trinajstić information content (AvgIpc) is 2.15. The smallest absolute Gasteiger partial charge is 0.0161 e. The van der Waals surface area contributed by atoms with Crippen molar-refractivity contribution in [1.82, 2.24) is 0 Å². The summed E-state index contributed by atoms with van der Waals surface area (Å²) in [5, 5.41) is 13.8. The van der Waals surface area contributed by atoms with Gasteiger partial charge in [0.25, 0.3) is 0 Å². The Labute approximate surface area is 77.6 Å². The zero-order valence-electron chi connectivity index (χ0n) is 7.79. The summed E-state index contributed by atoms with van der Waals surface area (Å²) in [5.74, 6) is 0.165. The molecule has 0 saturated carbocycles. The Morgan fingerprint density at radius 2 is 1.77 bits per heavy atom. The molecule has 1 heteroatoms. The maximum absolute atomic E-state index is 11.6. The van der Waals surface area contributed by atoms with Gasteiger partial charge in [-0.2, -0.15) is 0 Å². The highest BCUT2D eigenvalue weighted by Gasteiger charge is 1.98. The lowest BCUT2D eigenvalue weighted by molar-refractivity contribution is -0.269. The molecule has 0 spiro atoms. The second-order valence-corrected chi connectivity index (χ2v) is 3.37. The van der Waals surface area contributed by atoms with Crippen LogP contribution in [-0.4, -0.2) is 0 Å². The van der Waals surface area contributed by atoms with Gasteiger partial charge in [0.2, 0.25) is 0 Å². The third kappa shape index (κ3) is 1.17. The quantitative estimate of drug-likeness (QED) is 0.597. The van der Waals surface area contributed by atoms with Crippen LogP contribution in [0.5, 0.6) is 5.75 Å². The van der Waals surface area contributed by atoms with Crippen molar-refractivity contribution >= 4 is 10.8 Å². The fourth-order valence-corrected chi connectivity index (χ4v) is 1.68. The van der Waals surface area contributed by atoms with Gasteiger partial charge in [0, 0.05) is 0 Å². The normalized spacial score (nSPS) is 10.6. The molecule has 0 N–H and O–H groups in total. The molecule has 0 aromatic heterocycles. The van der Waals surface area contributed by atoms with Gasteiger partial charge in [0.15, 0.2) is 0 Å². The van der Waals surface area contributed by atoms with Crippen LogP contribution in [0.4, 0.5) is 0 Å². The van der Waals surface area contributed by atoms with Crippen molar-refractivity contribution in [3.8, 4) is 5.75 Å². The first kappa shape index (κ1) is 8.11. The second-order valence-electron chi connectivity index (χ2n) is 3.37. The predicted molar refractivity (Wildman–Crippen MR) is 52.9 cm³/mol. The maximum Gasteiger partial charge on any atom is -0.0161 e. The first-order valence-electron chi connectivity index (χ1n) is 4.36. The highest BCUT2D eigenvalue weighted by atomic mass is 16.3. The number of hydrogen-bond acceptors (Lipinski definition) is 1. The van der Waals surface area contributed by atoms with Crippen LogP contribution in [0, 0.1) is 13.8 Å². The Bertz CT molecular complexity index is 458. The van der Waals surface area contributed by atoms with Gasteiger partial charge in [0.05, 0.1) is 0 Å². The van der Waals surface area contributed by atoms with Crippen LogP contribution >= 0.6 is 0 Å². The molecule has 0 atom stereocenters. The molecule has 0 amide bonds. The number of aryl methyl sites for hydroxylation is 2. The molecule has 0 heterocycles. The Hall–Kier alpha value is -1.50. The molecule has 1 nitrogen and oxygen atoms in total. The van der Waals surface area contributed by atoms with E-state index in [0.29, 0.717) is 0 Å². The lowest BCUT2D eigenvalue weighted by Gasteiger charge is -2.16. The molecular formula is C12H11O-. The zero-order chi connectivity index (χ0) is 9.42. The highest BCUT2D eigenvalue weighted by molar-refractivity contribution is 5.88. The Balaban J connectivity index is 2.94. The van der Waals surface area contributed by atoms with Gasteiger partial charge in [-0.15, -0.1) is 5.75 Å². The lowest BCUT2D eigenvalue weighted by Crippen LogP contribution is -1.97. The maximum atomic E-state index is 11.6. The molecule has 0 aliphatic rings. The molecule has 0 fully saturated rings. The van der Waals surface area contributed by atoms with Crippen LogP contribution in [0.15, 0.2) is 30.3 Å². The van der Waals surface area contributed by atoms with Crippen LogP contribution in [0.1, 0.15) is 11.1 Å². The number of benzene rings is 2. The summed E-state index contributed by atoms with van der Waals surface area (Å²) in [6.45, 7) is 3.75. The topological polar surface area (TPSA) is 23.1 Å². The number of hydrogen-bond donors (Lipinski definition) is 0. The Morgan fingerprint density at radius 3 is 2.54 bits per heavy atom. The fourth-order valence-electron chi connectivity index (χ4n) is 1.68. The third-order valence-electron chi connectivity index (χ3n) is 2.44. The fraction of sp³-hybridized carbons (Fsp3) is 0.167. The number of fused-ring (bicyclic) bond motifs is 1. The van der Waals surface area contributed by atoms with Crippen LogP contribution < -0.4 is 5.11 Å². The molecule has 0 bridgehead atoms. The average molecular weight is 171 g/mol.